The van der Waals surface area contributed by atoms with Gasteiger partial charge in [0.2, 0.25) is 5.95 Å². The molecule has 0 amide bonds. The third-order valence-corrected chi connectivity index (χ3v) is 8.56. The summed E-state index contributed by atoms with van der Waals surface area (Å²) >= 11 is 0. The van der Waals surface area contributed by atoms with Crippen LogP contribution in [-0.4, -0.2) is 14.5 Å². The van der Waals surface area contributed by atoms with Crippen LogP contribution in [0.3, 0.4) is 0 Å². The predicted octanol–water partition coefficient (Wildman–Crippen LogP) is 10.4. The quantitative estimate of drug-likeness (QED) is 0.220. The molecule has 9 aromatic rings. The minimum absolute atomic E-state index is 0.671. The van der Waals surface area contributed by atoms with Gasteiger partial charge in [0.15, 0.2) is 0 Å². The van der Waals surface area contributed by atoms with Crippen molar-refractivity contribution in [1.82, 2.24) is 14.5 Å². The van der Waals surface area contributed by atoms with Gasteiger partial charge >= 0.3 is 0 Å². The smallest absolute Gasteiger partial charge is 0.235 e. The van der Waals surface area contributed by atoms with E-state index in [-0.39, 0.29) is 0 Å². The maximum absolute atomic E-state index is 5.36. The highest BCUT2D eigenvalue weighted by Crippen LogP contribution is 2.39. The maximum Gasteiger partial charge on any atom is 0.235 e. The van der Waals surface area contributed by atoms with Crippen molar-refractivity contribution in [3.05, 3.63) is 152 Å². The number of aromatic nitrogens is 3. The highest BCUT2D eigenvalue weighted by atomic mass is 15.2. The summed E-state index contributed by atoms with van der Waals surface area (Å²) in [6.45, 7) is 0. The molecule has 0 atom stereocenters. The SMILES string of the molecule is c1ccc(-c2ccc3nc(-n4c5cc6ccccc6cc5c5c6ccccc6ccc54)nc(-c4ccccc4)c3c2)cc1. The highest BCUT2D eigenvalue weighted by Gasteiger charge is 2.19. The summed E-state index contributed by atoms with van der Waals surface area (Å²) in [6.07, 6.45) is 0. The van der Waals surface area contributed by atoms with Gasteiger partial charge in [0.05, 0.1) is 22.2 Å². The molecule has 0 saturated heterocycles. The molecule has 0 aliphatic heterocycles. The second-order valence-corrected chi connectivity index (χ2v) is 11.1. The fraction of sp³-hybridized carbons (Fsp3) is 0. The molecule has 9 rings (SSSR count). The summed E-state index contributed by atoms with van der Waals surface area (Å²) in [5.74, 6) is 0.671. The number of hydrogen-bond donors (Lipinski definition) is 0. The topological polar surface area (TPSA) is 30.7 Å². The van der Waals surface area contributed by atoms with Gasteiger partial charge < -0.3 is 0 Å². The van der Waals surface area contributed by atoms with Gasteiger partial charge in [-0.3, -0.25) is 4.57 Å². The van der Waals surface area contributed by atoms with Crippen molar-refractivity contribution in [2.45, 2.75) is 0 Å². The van der Waals surface area contributed by atoms with Crippen LogP contribution in [0, 0.1) is 0 Å². The number of hydrogen-bond acceptors (Lipinski definition) is 2. The molecule has 0 bridgehead atoms. The van der Waals surface area contributed by atoms with E-state index in [0.29, 0.717) is 5.95 Å². The zero-order chi connectivity index (χ0) is 28.3. The van der Waals surface area contributed by atoms with Crippen LogP contribution in [0.1, 0.15) is 0 Å². The molecule has 0 spiro atoms. The monoisotopic (exact) mass is 547 g/mol. The zero-order valence-corrected chi connectivity index (χ0v) is 23.3. The van der Waals surface area contributed by atoms with Crippen molar-refractivity contribution < 1.29 is 0 Å². The number of fused-ring (bicyclic) bond motifs is 7. The fourth-order valence-corrected chi connectivity index (χ4v) is 6.53. The van der Waals surface area contributed by atoms with Crippen LogP contribution >= 0.6 is 0 Å². The Morgan fingerprint density at radius 1 is 0.395 bits per heavy atom. The Kier molecular flexibility index (Phi) is 5.20. The molecule has 200 valence electrons. The summed E-state index contributed by atoms with van der Waals surface area (Å²) in [5.41, 5.74) is 7.44. The summed E-state index contributed by atoms with van der Waals surface area (Å²) < 4.78 is 2.25. The molecule has 0 N–H and O–H groups in total. The van der Waals surface area contributed by atoms with Gasteiger partial charge in [-0.2, -0.15) is 0 Å². The Labute approximate surface area is 248 Å². The van der Waals surface area contributed by atoms with Gasteiger partial charge in [-0.05, 0) is 63.0 Å². The van der Waals surface area contributed by atoms with Crippen molar-refractivity contribution in [1.29, 1.82) is 0 Å². The van der Waals surface area contributed by atoms with E-state index in [2.05, 4.69) is 144 Å². The predicted molar refractivity (Wildman–Crippen MR) is 180 cm³/mol. The zero-order valence-electron chi connectivity index (χ0n) is 23.3. The summed E-state index contributed by atoms with van der Waals surface area (Å²) in [7, 11) is 0. The molecule has 0 radical (unpaired) electrons. The first-order valence-corrected chi connectivity index (χ1v) is 14.6. The molecule has 0 aliphatic rings. The molecule has 43 heavy (non-hydrogen) atoms. The molecule has 2 aromatic heterocycles. The molecule has 0 unspecified atom stereocenters. The van der Waals surface area contributed by atoms with Gasteiger partial charge in [-0.1, -0.05) is 121 Å². The first-order chi connectivity index (χ1) is 21.3. The number of benzene rings is 7. The van der Waals surface area contributed by atoms with Crippen molar-refractivity contribution in [3.63, 3.8) is 0 Å². The van der Waals surface area contributed by atoms with Crippen LogP contribution in [0.4, 0.5) is 0 Å². The molecule has 0 aliphatic carbocycles. The molecular formula is C40H25N3. The minimum Gasteiger partial charge on any atom is -0.278 e. The lowest BCUT2D eigenvalue weighted by Gasteiger charge is -2.13. The molecule has 0 saturated carbocycles. The van der Waals surface area contributed by atoms with Crippen molar-refractivity contribution in [2.75, 3.05) is 0 Å². The Morgan fingerprint density at radius 2 is 1.07 bits per heavy atom. The summed E-state index contributed by atoms with van der Waals surface area (Å²) in [5, 5.41) is 8.33. The van der Waals surface area contributed by atoms with Gasteiger partial charge in [0, 0.05) is 21.7 Å². The van der Waals surface area contributed by atoms with E-state index in [0.717, 1.165) is 38.8 Å². The van der Waals surface area contributed by atoms with E-state index >= 15 is 0 Å². The summed E-state index contributed by atoms with van der Waals surface area (Å²) in [6, 6.07) is 53.7. The average Bonchev–Trinajstić information content (AvgIpc) is 3.41. The van der Waals surface area contributed by atoms with E-state index in [1.807, 2.05) is 12.1 Å². The van der Waals surface area contributed by atoms with Crippen LogP contribution in [0.15, 0.2) is 152 Å². The lowest BCUT2D eigenvalue weighted by atomic mass is 10.0. The van der Waals surface area contributed by atoms with Crippen LogP contribution in [0.25, 0.3) is 82.6 Å². The third-order valence-electron chi connectivity index (χ3n) is 8.56. The average molecular weight is 548 g/mol. The van der Waals surface area contributed by atoms with E-state index in [1.54, 1.807) is 0 Å². The second-order valence-electron chi connectivity index (χ2n) is 11.1. The Balaban J connectivity index is 1.41. The van der Waals surface area contributed by atoms with E-state index in [1.165, 1.54) is 37.9 Å². The van der Waals surface area contributed by atoms with Crippen LogP contribution in [0.2, 0.25) is 0 Å². The number of rotatable bonds is 3. The highest BCUT2D eigenvalue weighted by molar-refractivity contribution is 6.23. The normalized spacial score (nSPS) is 11.7. The maximum atomic E-state index is 5.36. The van der Waals surface area contributed by atoms with Crippen molar-refractivity contribution in [2.24, 2.45) is 0 Å². The second kappa shape index (κ2) is 9.37. The van der Waals surface area contributed by atoms with E-state index in [4.69, 9.17) is 9.97 Å². The Bertz CT molecular complexity index is 2490. The first-order valence-electron chi connectivity index (χ1n) is 14.6. The van der Waals surface area contributed by atoms with E-state index < -0.39 is 0 Å². The molecule has 3 heteroatoms. The molecule has 3 nitrogen and oxygen atoms in total. The van der Waals surface area contributed by atoms with Crippen molar-refractivity contribution >= 4 is 54.3 Å². The van der Waals surface area contributed by atoms with Crippen molar-refractivity contribution in [3.8, 4) is 28.3 Å². The minimum atomic E-state index is 0.671. The Hall–Kier alpha value is -5.80. The van der Waals surface area contributed by atoms with Crippen LogP contribution in [0.5, 0.6) is 0 Å². The van der Waals surface area contributed by atoms with Crippen LogP contribution < -0.4 is 0 Å². The molecule has 0 fully saturated rings. The summed E-state index contributed by atoms with van der Waals surface area (Å²) in [4.78, 5) is 10.6. The van der Waals surface area contributed by atoms with Gasteiger partial charge in [-0.25, -0.2) is 9.97 Å². The lowest BCUT2D eigenvalue weighted by molar-refractivity contribution is 1.01. The third kappa shape index (κ3) is 3.75. The van der Waals surface area contributed by atoms with Gasteiger partial charge in [0.25, 0.3) is 0 Å². The molecular weight excluding hydrogens is 522 g/mol. The molecule has 7 aromatic carbocycles. The van der Waals surface area contributed by atoms with Gasteiger partial charge in [0.1, 0.15) is 0 Å². The largest absolute Gasteiger partial charge is 0.278 e. The first kappa shape index (κ1) is 23.9. The standard InChI is InChI=1S/C40H25N3/c1-3-11-26(12-4-1)31-19-21-35-33(23-31)39(28-14-5-2-6-15-28)42-40(41-35)43-36-22-20-27-13-9-10-18-32(27)38(36)34-24-29-16-7-8-17-30(29)25-37(34)43/h1-25H. The van der Waals surface area contributed by atoms with Gasteiger partial charge in [-0.15, -0.1) is 0 Å². The van der Waals surface area contributed by atoms with E-state index in [9.17, 15) is 0 Å². The lowest BCUT2D eigenvalue weighted by Crippen LogP contribution is -2.03. The fourth-order valence-electron chi connectivity index (χ4n) is 6.53. The number of nitrogens with zero attached hydrogens (tertiary/aromatic N) is 3. The van der Waals surface area contributed by atoms with Crippen LogP contribution in [-0.2, 0) is 0 Å². The molecule has 2 heterocycles. The Morgan fingerprint density at radius 3 is 1.86 bits per heavy atom.